The molecule has 29 heavy (non-hydrogen) atoms. The van der Waals surface area contributed by atoms with E-state index < -0.39 is 0 Å². The number of carbonyl (C=O) groups is 1. The molecule has 1 atom stereocenters. The molecule has 6 heteroatoms. The minimum Gasteiger partial charge on any atom is -0.361 e. The summed E-state index contributed by atoms with van der Waals surface area (Å²) in [5.74, 6) is -0.0191. The Bertz CT molecular complexity index is 1150. The summed E-state index contributed by atoms with van der Waals surface area (Å²) < 4.78 is 0. The van der Waals surface area contributed by atoms with Crippen molar-refractivity contribution in [1.29, 1.82) is 0 Å². The Labute approximate surface area is 173 Å². The zero-order chi connectivity index (χ0) is 19.6. The van der Waals surface area contributed by atoms with Crippen LogP contribution in [0, 0.1) is 0 Å². The second-order valence-electron chi connectivity index (χ2n) is 7.56. The molecule has 0 radical (unpaired) electrons. The first-order valence-corrected chi connectivity index (χ1v) is 10.8. The topological polar surface area (TPSA) is 62.2 Å². The molecule has 3 heterocycles. The minimum atomic E-state index is -0.0191. The lowest BCUT2D eigenvalue weighted by Crippen LogP contribution is -3.10. The molecule has 3 N–H and O–H groups in total. The van der Waals surface area contributed by atoms with E-state index in [0.717, 1.165) is 53.3 Å². The fourth-order valence-electron chi connectivity index (χ4n) is 4.03. The molecule has 2 aromatic carbocycles. The van der Waals surface area contributed by atoms with Crippen LogP contribution in [0.1, 0.15) is 21.7 Å². The van der Waals surface area contributed by atoms with Crippen molar-refractivity contribution in [2.75, 3.05) is 11.9 Å². The Morgan fingerprint density at radius 1 is 1.14 bits per heavy atom. The molecule has 0 bridgehead atoms. The van der Waals surface area contributed by atoms with Gasteiger partial charge in [0.15, 0.2) is 5.13 Å². The predicted octanol–water partition coefficient (Wildman–Crippen LogP) is 2.95. The highest BCUT2D eigenvalue weighted by Crippen LogP contribution is 2.25. The van der Waals surface area contributed by atoms with Crippen molar-refractivity contribution in [3.63, 3.8) is 0 Å². The van der Waals surface area contributed by atoms with Crippen LogP contribution in [0.15, 0.2) is 60.8 Å². The van der Waals surface area contributed by atoms with Crippen molar-refractivity contribution >= 4 is 33.3 Å². The van der Waals surface area contributed by atoms with E-state index in [1.165, 1.54) is 10.4 Å². The number of aromatic amines is 1. The van der Waals surface area contributed by atoms with E-state index in [4.69, 9.17) is 0 Å². The van der Waals surface area contributed by atoms with Crippen LogP contribution in [-0.2, 0) is 30.7 Å². The lowest BCUT2D eigenvalue weighted by molar-refractivity contribution is -0.929. The van der Waals surface area contributed by atoms with Gasteiger partial charge in [-0.3, -0.25) is 4.79 Å². The van der Waals surface area contributed by atoms with Crippen molar-refractivity contribution in [3.8, 4) is 0 Å². The first kappa shape index (κ1) is 18.1. The Morgan fingerprint density at radius 3 is 2.86 bits per heavy atom. The first-order chi connectivity index (χ1) is 14.2. The number of benzene rings is 2. The van der Waals surface area contributed by atoms with Crippen molar-refractivity contribution in [2.45, 2.75) is 25.9 Å². The Balaban J connectivity index is 1.24. The van der Waals surface area contributed by atoms with Crippen LogP contribution in [-0.4, -0.2) is 22.4 Å². The van der Waals surface area contributed by atoms with Gasteiger partial charge in [-0.1, -0.05) is 59.9 Å². The van der Waals surface area contributed by atoms with Gasteiger partial charge in [0.2, 0.25) is 5.91 Å². The van der Waals surface area contributed by atoms with Crippen molar-refractivity contribution in [3.05, 3.63) is 82.5 Å². The average molecular weight is 404 g/mol. The molecule has 0 saturated carbocycles. The van der Waals surface area contributed by atoms with Crippen LogP contribution in [0.25, 0.3) is 10.9 Å². The van der Waals surface area contributed by atoms with Gasteiger partial charge in [-0.25, -0.2) is 4.98 Å². The quantitative estimate of drug-likeness (QED) is 0.480. The number of nitrogens with one attached hydrogen (secondary N) is 3. The number of hydrogen-bond donors (Lipinski definition) is 3. The molecule has 146 valence electrons. The second kappa shape index (κ2) is 7.81. The number of rotatable bonds is 5. The summed E-state index contributed by atoms with van der Waals surface area (Å²) in [6.07, 6.45) is 3.23. The lowest BCUT2D eigenvalue weighted by Gasteiger charge is -2.22. The number of carbonyl (C=O) groups excluding carboxylic acids is 1. The Morgan fingerprint density at radius 2 is 1.97 bits per heavy atom. The molecule has 2 aromatic heterocycles. The SMILES string of the molecule is O=C(Cc1c[nH]c2ccccc12)Nc1nc2c(s1)C[NH+](Cc1ccccc1)CC2. The molecule has 5 nitrogen and oxygen atoms in total. The normalized spacial score (nSPS) is 15.9. The summed E-state index contributed by atoms with van der Waals surface area (Å²) in [5, 5.41) is 4.83. The number of quaternary nitrogens is 1. The molecule has 1 aliphatic rings. The fraction of sp³-hybridized carbons (Fsp3) is 0.217. The van der Waals surface area contributed by atoms with E-state index in [0.29, 0.717) is 6.42 Å². The largest absolute Gasteiger partial charge is 0.361 e. The third kappa shape index (κ3) is 3.95. The zero-order valence-electron chi connectivity index (χ0n) is 16.1. The van der Waals surface area contributed by atoms with Gasteiger partial charge in [-0.15, -0.1) is 0 Å². The monoisotopic (exact) mass is 403 g/mol. The molecule has 1 aliphatic heterocycles. The van der Waals surface area contributed by atoms with Gasteiger partial charge in [0.25, 0.3) is 0 Å². The number of thiazole rings is 1. The van der Waals surface area contributed by atoms with Crippen molar-refractivity contribution < 1.29 is 9.69 Å². The maximum atomic E-state index is 12.6. The molecule has 5 rings (SSSR count). The number of aromatic nitrogens is 2. The Kier molecular flexibility index (Phi) is 4.87. The molecule has 1 amide bonds. The molecule has 0 spiro atoms. The number of fused-ring (bicyclic) bond motifs is 2. The molecule has 0 saturated heterocycles. The van der Waals surface area contributed by atoms with E-state index in [2.05, 4.69) is 45.6 Å². The van der Waals surface area contributed by atoms with Crippen LogP contribution in [0.3, 0.4) is 0 Å². The van der Waals surface area contributed by atoms with E-state index in [1.807, 2.05) is 30.5 Å². The second-order valence-corrected chi connectivity index (χ2v) is 8.65. The highest BCUT2D eigenvalue weighted by Gasteiger charge is 2.24. The summed E-state index contributed by atoms with van der Waals surface area (Å²) in [5.41, 5.74) is 4.58. The number of anilines is 1. The fourth-order valence-corrected chi connectivity index (χ4v) is 5.13. The van der Waals surface area contributed by atoms with Crippen LogP contribution in [0.5, 0.6) is 0 Å². The average Bonchev–Trinajstić information content (AvgIpc) is 3.32. The summed E-state index contributed by atoms with van der Waals surface area (Å²) >= 11 is 1.62. The molecule has 0 aliphatic carbocycles. The summed E-state index contributed by atoms with van der Waals surface area (Å²) in [4.78, 5) is 23.3. The van der Waals surface area contributed by atoms with Gasteiger partial charge >= 0.3 is 0 Å². The maximum absolute atomic E-state index is 12.6. The molecule has 4 aromatic rings. The number of amides is 1. The predicted molar refractivity (Wildman–Crippen MR) is 116 cm³/mol. The highest BCUT2D eigenvalue weighted by molar-refractivity contribution is 7.15. The number of para-hydroxylation sites is 1. The van der Waals surface area contributed by atoms with Crippen LogP contribution in [0.2, 0.25) is 0 Å². The van der Waals surface area contributed by atoms with Crippen LogP contribution >= 0.6 is 11.3 Å². The summed E-state index contributed by atoms with van der Waals surface area (Å²) in [6.45, 7) is 3.08. The van der Waals surface area contributed by atoms with Gasteiger partial charge in [0.05, 0.1) is 23.5 Å². The molecule has 1 unspecified atom stereocenters. The lowest BCUT2D eigenvalue weighted by atomic mass is 10.1. The Hall–Kier alpha value is -2.96. The maximum Gasteiger partial charge on any atom is 0.230 e. The van der Waals surface area contributed by atoms with Crippen molar-refractivity contribution in [2.24, 2.45) is 0 Å². The third-order valence-electron chi connectivity index (χ3n) is 5.47. The van der Waals surface area contributed by atoms with Crippen LogP contribution < -0.4 is 10.2 Å². The standard InChI is InChI=1S/C23H22N4OS/c28-22(12-17-13-24-19-9-5-4-8-18(17)19)26-23-25-20-10-11-27(15-21(20)29-23)14-16-6-2-1-3-7-16/h1-9,13,24H,10-12,14-15H2,(H,25,26,28)/p+1. The van der Waals surface area contributed by atoms with Gasteiger partial charge in [0, 0.05) is 29.1 Å². The molecular formula is C23H23N4OS+. The summed E-state index contributed by atoms with van der Waals surface area (Å²) in [6, 6.07) is 18.7. The summed E-state index contributed by atoms with van der Waals surface area (Å²) in [7, 11) is 0. The molecule has 0 fully saturated rings. The van der Waals surface area contributed by atoms with E-state index in [-0.39, 0.29) is 5.91 Å². The van der Waals surface area contributed by atoms with E-state index >= 15 is 0 Å². The van der Waals surface area contributed by atoms with E-state index in [9.17, 15) is 4.79 Å². The van der Waals surface area contributed by atoms with Gasteiger partial charge in [0.1, 0.15) is 13.1 Å². The van der Waals surface area contributed by atoms with Gasteiger partial charge < -0.3 is 15.2 Å². The number of H-pyrrole nitrogens is 1. The van der Waals surface area contributed by atoms with E-state index in [1.54, 1.807) is 16.2 Å². The number of hydrogen-bond acceptors (Lipinski definition) is 3. The van der Waals surface area contributed by atoms with Crippen LogP contribution in [0.4, 0.5) is 5.13 Å². The molecular weight excluding hydrogens is 380 g/mol. The first-order valence-electron chi connectivity index (χ1n) is 9.95. The number of nitrogens with zero attached hydrogens (tertiary/aromatic N) is 1. The zero-order valence-corrected chi connectivity index (χ0v) is 16.9. The highest BCUT2D eigenvalue weighted by atomic mass is 32.1. The third-order valence-corrected chi connectivity index (χ3v) is 6.49. The van der Waals surface area contributed by atoms with Crippen molar-refractivity contribution in [1.82, 2.24) is 9.97 Å². The van der Waals surface area contributed by atoms with Gasteiger partial charge in [-0.05, 0) is 11.6 Å². The van der Waals surface area contributed by atoms with Gasteiger partial charge in [-0.2, -0.15) is 0 Å². The minimum absolute atomic E-state index is 0.0191. The smallest absolute Gasteiger partial charge is 0.230 e.